The van der Waals surface area contributed by atoms with E-state index in [2.05, 4.69) is 0 Å². The van der Waals surface area contributed by atoms with E-state index in [1.807, 2.05) is 0 Å². The van der Waals surface area contributed by atoms with Gasteiger partial charge in [-0.25, -0.2) is 0 Å². The Bertz CT molecular complexity index is 441. The summed E-state index contributed by atoms with van der Waals surface area (Å²) in [5.74, 6) is 0. The number of nitro groups is 1. The molecule has 0 aromatic heterocycles. The highest BCUT2D eigenvalue weighted by molar-refractivity contribution is 7.86. The Morgan fingerprint density at radius 2 is 1.73 bits per heavy atom. The molecule has 1 aromatic rings. The first kappa shape index (κ1) is 13.5. The van der Waals surface area contributed by atoms with Gasteiger partial charge in [-0.15, -0.1) is 0 Å². The second-order valence-corrected chi connectivity index (χ2v) is 3.59. The predicted molar refractivity (Wildman–Crippen MR) is 51.1 cm³/mol. The van der Waals surface area contributed by atoms with Crippen molar-refractivity contribution < 1.29 is 23.0 Å². The maximum Gasteiger partial charge on any atom is 0.301 e. The van der Waals surface area contributed by atoms with Crippen LogP contribution in [-0.2, 0) is 10.1 Å². The van der Waals surface area contributed by atoms with Crippen molar-refractivity contribution in [1.82, 2.24) is 0 Å². The number of aliphatic hydroxyl groups excluding tert-OH is 1. The van der Waals surface area contributed by atoms with Crippen LogP contribution in [0.1, 0.15) is 0 Å². The average molecular weight is 235 g/mol. The second-order valence-electron chi connectivity index (χ2n) is 2.20. The molecule has 0 bridgehead atoms. The molecule has 15 heavy (non-hydrogen) atoms. The molecular weight excluding hydrogens is 226 g/mol. The molecule has 7 nitrogen and oxygen atoms in total. The standard InChI is InChI=1S/C6H5NO5S.CH4O/c8-7(9)5-3-1-2-4-6(5)13(10,11)12;1-2/h1-4H,(H,10,11,12);2H,1H3. The van der Waals surface area contributed by atoms with Gasteiger partial charge in [-0.1, -0.05) is 12.1 Å². The minimum Gasteiger partial charge on any atom is -0.400 e. The SMILES string of the molecule is CO.O=[N+]([O-])c1ccccc1S(=O)(=O)O. The van der Waals surface area contributed by atoms with E-state index in [9.17, 15) is 18.5 Å². The zero-order chi connectivity index (χ0) is 12.1. The third kappa shape index (κ3) is 3.62. The molecule has 0 saturated carbocycles. The fourth-order valence-electron chi connectivity index (χ4n) is 0.826. The van der Waals surface area contributed by atoms with Gasteiger partial charge in [0, 0.05) is 13.2 Å². The van der Waals surface area contributed by atoms with E-state index in [4.69, 9.17) is 9.66 Å². The van der Waals surface area contributed by atoms with Gasteiger partial charge in [-0.2, -0.15) is 8.42 Å². The van der Waals surface area contributed by atoms with E-state index >= 15 is 0 Å². The molecular formula is C7H9NO6S. The van der Waals surface area contributed by atoms with Gasteiger partial charge in [0.25, 0.3) is 5.69 Å². The van der Waals surface area contributed by atoms with Crippen LogP contribution in [0.15, 0.2) is 29.2 Å². The number of benzene rings is 1. The minimum atomic E-state index is -4.52. The monoisotopic (exact) mass is 235 g/mol. The predicted octanol–water partition coefficient (Wildman–Crippen LogP) is 0.450. The van der Waals surface area contributed by atoms with E-state index in [1.54, 1.807) is 0 Å². The third-order valence-corrected chi connectivity index (χ3v) is 2.24. The fraction of sp³-hybridized carbons (Fsp3) is 0.143. The van der Waals surface area contributed by atoms with Crippen LogP contribution in [0.3, 0.4) is 0 Å². The maximum absolute atomic E-state index is 10.6. The quantitative estimate of drug-likeness (QED) is 0.436. The molecule has 0 heterocycles. The molecule has 1 aromatic carbocycles. The maximum atomic E-state index is 10.6. The van der Waals surface area contributed by atoms with Crippen LogP contribution in [-0.4, -0.2) is 30.1 Å². The number of para-hydroxylation sites is 1. The first-order chi connectivity index (χ1) is 6.93. The van der Waals surface area contributed by atoms with Gasteiger partial charge < -0.3 is 5.11 Å². The van der Waals surface area contributed by atoms with Crippen molar-refractivity contribution >= 4 is 15.8 Å². The topological polar surface area (TPSA) is 118 Å². The summed E-state index contributed by atoms with van der Waals surface area (Å²) in [4.78, 5) is 8.73. The zero-order valence-electron chi connectivity index (χ0n) is 7.69. The van der Waals surface area contributed by atoms with Gasteiger partial charge in [0.1, 0.15) is 0 Å². The smallest absolute Gasteiger partial charge is 0.301 e. The van der Waals surface area contributed by atoms with Crippen LogP contribution in [0.4, 0.5) is 5.69 Å². The molecule has 1 rings (SSSR count). The van der Waals surface area contributed by atoms with E-state index in [0.717, 1.165) is 19.2 Å². The van der Waals surface area contributed by atoms with Crippen LogP contribution in [0, 0.1) is 10.1 Å². The largest absolute Gasteiger partial charge is 0.400 e. The molecule has 0 unspecified atom stereocenters. The molecule has 0 aliphatic carbocycles. The zero-order valence-corrected chi connectivity index (χ0v) is 8.51. The molecule has 0 radical (unpaired) electrons. The van der Waals surface area contributed by atoms with Crippen LogP contribution in [0.5, 0.6) is 0 Å². The van der Waals surface area contributed by atoms with Crippen LogP contribution in [0.2, 0.25) is 0 Å². The molecule has 0 aliphatic rings. The molecule has 0 spiro atoms. The Hall–Kier alpha value is -1.51. The first-order valence-corrected chi connectivity index (χ1v) is 5.02. The minimum absolute atomic E-state index is 0.634. The van der Waals surface area contributed by atoms with Crippen LogP contribution >= 0.6 is 0 Å². The number of rotatable bonds is 2. The van der Waals surface area contributed by atoms with Crippen LogP contribution < -0.4 is 0 Å². The second kappa shape index (κ2) is 5.39. The summed E-state index contributed by atoms with van der Waals surface area (Å²) in [5, 5.41) is 17.3. The summed E-state index contributed by atoms with van der Waals surface area (Å²) >= 11 is 0. The van der Waals surface area contributed by atoms with Gasteiger partial charge in [-0.3, -0.25) is 14.7 Å². The van der Waals surface area contributed by atoms with E-state index in [0.29, 0.717) is 0 Å². The molecule has 0 atom stereocenters. The Morgan fingerprint density at radius 3 is 2.07 bits per heavy atom. The van der Waals surface area contributed by atoms with E-state index < -0.39 is 25.6 Å². The summed E-state index contributed by atoms with van der Waals surface area (Å²) in [5.41, 5.74) is -0.634. The molecule has 0 amide bonds. The molecule has 8 heteroatoms. The van der Waals surface area contributed by atoms with Crippen molar-refractivity contribution in [2.75, 3.05) is 7.11 Å². The van der Waals surface area contributed by atoms with Gasteiger partial charge in [-0.05, 0) is 6.07 Å². The van der Waals surface area contributed by atoms with Gasteiger partial charge in [0.2, 0.25) is 0 Å². The highest BCUT2D eigenvalue weighted by Gasteiger charge is 2.22. The number of hydrogen-bond donors (Lipinski definition) is 2. The highest BCUT2D eigenvalue weighted by atomic mass is 32.2. The van der Waals surface area contributed by atoms with Crippen molar-refractivity contribution in [3.63, 3.8) is 0 Å². The number of nitro benzene ring substituents is 1. The lowest BCUT2D eigenvalue weighted by molar-refractivity contribution is -0.387. The average Bonchev–Trinajstić information content (AvgIpc) is 2.19. The molecule has 0 saturated heterocycles. The fourth-order valence-corrected chi connectivity index (χ4v) is 1.48. The number of hydrogen-bond acceptors (Lipinski definition) is 5. The van der Waals surface area contributed by atoms with E-state index in [1.165, 1.54) is 12.1 Å². The summed E-state index contributed by atoms with van der Waals surface area (Å²) in [6, 6.07) is 4.57. The first-order valence-electron chi connectivity index (χ1n) is 3.58. The van der Waals surface area contributed by atoms with Gasteiger partial charge in [0.05, 0.1) is 4.92 Å². The van der Waals surface area contributed by atoms with E-state index in [-0.39, 0.29) is 0 Å². The number of aliphatic hydroxyl groups is 1. The lowest BCUT2D eigenvalue weighted by Crippen LogP contribution is -2.02. The summed E-state index contributed by atoms with van der Waals surface area (Å²) in [6.45, 7) is 0. The van der Waals surface area contributed by atoms with Crippen LogP contribution in [0.25, 0.3) is 0 Å². The summed E-state index contributed by atoms with van der Waals surface area (Å²) in [6.07, 6.45) is 0. The number of nitrogens with zero attached hydrogens (tertiary/aromatic N) is 1. The lowest BCUT2D eigenvalue weighted by atomic mass is 10.3. The molecule has 2 N–H and O–H groups in total. The van der Waals surface area contributed by atoms with Crippen molar-refractivity contribution in [2.45, 2.75) is 4.90 Å². The Labute approximate surface area is 85.9 Å². The van der Waals surface area contributed by atoms with Crippen molar-refractivity contribution in [3.8, 4) is 0 Å². The Kier molecular flexibility index (Phi) is 4.85. The van der Waals surface area contributed by atoms with Crippen molar-refractivity contribution in [3.05, 3.63) is 34.4 Å². The molecule has 84 valence electrons. The van der Waals surface area contributed by atoms with Crippen molar-refractivity contribution in [1.29, 1.82) is 0 Å². The Balaban J connectivity index is 0.000000921. The van der Waals surface area contributed by atoms with Crippen molar-refractivity contribution in [2.24, 2.45) is 0 Å². The summed E-state index contributed by atoms with van der Waals surface area (Å²) in [7, 11) is -3.52. The summed E-state index contributed by atoms with van der Waals surface area (Å²) < 4.78 is 29.8. The third-order valence-electron chi connectivity index (χ3n) is 1.34. The van der Waals surface area contributed by atoms with Gasteiger partial charge >= 0.3 is 10.1 Å². The molecule has 0 aliphatic heterocycles. The molecule has 0 fully saturated rings. The highest BCUT2D eigenvalue weighted by Crippen LogP contribution is 2.21. The normalized spacial score (nSPS) is 10.1. The van der Waals surface area contributed by atoms with Gasteiger partial charge in [0.15, 0.2) is 4.90 Å². The Morgan fingerprint density at radius 1 is 1.27 bits per heavy atom. The lowest BCUT2D eigenvalue weighted by Gasteiger charge is -1.97.